The fraction of sp³-hybridized carbons (Fsp3) is 0.714. The van der Waals surface area contributed by atoms with E-state index in [0.29, 0.717) is 6.61 Å². The van der Waals surface area contributed by atoms with E-state index < -0.39 is 0 Å². The Labute approximate surface area is 163 Å². The van der Waals surface area contributed by atoms with Crippen LogP contribution in [0.15, 0.2) is 18.6 Å². The molecule has 0 spiro atoms. The van der Waals surface area contributed by atoms with Gasteiger partial charge in [-0.25, -0.2) is 0 Å². The maximum absolute atomic E-state index is 5.18. The molecular formula is C21H36N4O2. The summed E-state index contributed by atoms with van der Waals surface area (Å²) < 4.78 is 14.4. The van der Waals surface area contributed by atoms with Crippen molar-refractivity contribution >= 4 is 0 Å². The van der Waals surface area contributed by atoms with E-state index in [-0.39, 0.29) is 10.8 Å². The summed E-state index contributed by atoms with van der Waals surface area (Å²) >= 11 is 0. The molecule has 0 aromatic carbocycles. The lowest BCUT2D eigenvalue weighted by Gasteiger charge is -2.25. The van der Waals surface area contributed by atoms with Gasteiger partial charge in [0.1, 0.15) is 0 Å². The molecule has 0 aliphatic heterocycles. The minimum atomic E-state index is -0.0446. The Bertz CT molecular complexity index is 710. The zero-order chi connectivity index (χ0) is 20.1. The lowest BCUT2D eigenvalue weighted by Crippen LogP contribution is -2.23. The number of ether oxygens (including phenoxy) is 2. The van der Waals surface area contributed by atoms with E-state index in [9.17, 15) is 0 Å². The quantitative estimate of drug-likeness (QED) is 0.595. The Balaban J connectivity index is 2.21. The molecule has 0 N–H and O–H groups in total. The van der Waals surface area contributed by atoms with Gasteiger partial charge in [-0.05, 0) is 28.4 Å². The molecule has 152 valence electrons. The third-order valence-corrected chi connectivity index (χ3v) is 4.93. The zero-order valence-corrected chi connectivity index (χ0v) is 18.1. The first-order chi connectivity index (χ1) is 12.7. The van der Waals surface area contributed by atoms with Crippen molar-refractivity contribution in [1.82, 2.24) is 19.6 Å². The van der Waals surface area contributed by atoms with E-state index in [1.54, 1.807) is 14.2 Å². The minimum absolute atomic E-state index is 0.0446. The second kappa shape index (κ2) is 9.02. The van der Waals surface area contributed by atoms with E-state index >= 15 is 0 Å². The van der Waals surface area contributed by atoms with Crippen LogP contribution in [0.1, 0.15) is 57.9 Å². The summed E-state index contributed by atoms with van der Waals surface area (Å²) in [6, 6.07) is 0. The summed E-state index contributed by atoms with van der Waals surface area (Å²) in [7, 11) is 3.45. The van der Waals surface area contributed by atoms with E-state index in [2.05, 4.69) is 56.8 Å². The maximum atomic E-state index is 5.18. The van der Waals surface area contributed by atoms with Gasteiger partial charge in [-0.3, -0.25) is 9.36 Å². The number of aryl methyl sites for hydroxylation is 1. The second-order valence-corrected chi connectivity index (χ2v) is 8.89. The summed E-state index contributed by atoms with van der Waals surface area (Å²) in [5.74, 6) is 0. The Kier molecular flexibility index (Phi) is 7.23. The van der Waals surface area contributed by atoms with Crippen molar-refractivity contribution < 1.29 is 9.47 Å². The Morgan fingerprint density at radius 3 is 2.26 bits per heavy atom. The van der Waals surface area contributed by atoms with Crippen molar-refractivity contribution in [3.8, 4) is 0 Å². The molecular weight excluding hydrogens is 340 g/mol. The first-order valence-corrected chi connectivity index (χ1v) is 9.75. The van der Waals surface area contributed by atoms with Crippen LogP contribution in [-0.2, 0) is 39.8 Å². The monoisotopic (exact) mass is 376 g/mol. The van der Waals surface area contributed by atoms with E-state index in [0.717, 1.165) is 32.5 Å². The predicted molar refractivity (Wildman–Crippen MR) is 108 cm³/mol. The minimum Gasteiger partial charge on any atom is -0.385 e. The largest absolute Gasteiger partial charge is 0.385 e. The van der Waals surface area contributed by atoms with E-state index in [4.69, 9.17) is 14.6 Å². The van der Waals surface area contributed by atoms with Gasteiger partial charge >= 0.3 is 0 Å². The smallest absolute Gasteiger partial charge is 0.0670 e. The first kappa shape index (κ1) is 21.6. The molecule has 2 aromatic rings. The molecule has 0 aliphatic rings. The SMILES string of the molecule is COCCCn1cc(C(C)(C)C)c(CC(C)(C)c2cnn(CCOC)c2)n1. The molecule has 0 saturated heterocycles. The third kappa shape index (κ3) is 5.91. The van der Waals surface area contributed by atoms with Gasteiger partial charge in [-0.15, -0.1) is 0 Å². The van der Waals surface area contributed by atoms with Gasteiger partial charge in [-0.1, -0.05) is 34.6 Å². The van der Waals surface area contributed by atoms with Crippen LogP contribution in [-0.4, -0.2) is 47.0 Å². The number of rotatable bonds is 10. The number of aromatic nitrogens is 4. The van der Waals surface area contributed by atoms with Crippen molar-refractivity contribution in [2.24, 2.45) is 0 Å². The van der Waals surface area contributed by atoms with Crippen molar-refractivity contribution in [3.05, 3.63) is 35.4 Å². The van der Waals surface area contributed by atoms with Crippen LogP contribution in [0.2, 0.25) is 0 Å². The molecule has 2 heterocycles. The molecule has 2 rings (SSSR count). The van der Waals surface area contributed by atoms with Crippen molar-refractivity contribution in [3.63, 3.8) is 0 Å². The van der Waals surface area contributed by atoms with E-state index in [1.165, 1.54) is 16.8 Å². The van der Waals surface area contributed by atoms with Crippen LogP contribution >= 0.6 is 0 Å². The Hall–Kier alpha value is -1.66. The third-order valence-electron chi connectivity index (χ3n) is 4.93. The Morgan fingerprint density at radius 2 is 1.63 bits per heavy atom. The molecule has 6 nitrogen and oxygen atoms in total. The summed E-state index contributed by atoms with van der Waals surface area (Å²) in [6.45, 7) is 14.4. The summed E-state index contributed by atoms with van der Waals surface area (Å²) in [6.07, 6.45) is 8.17. The van der Waals surface area contributed by atoms with Gasteiger partial charge in [0, 0.05) is 46.2 Å². The molecule has 0 amide bonds. The topological polar surface area (TPSA) is 54.1 Å². The summed E-state index contributed by atoms with van der Waals surface area (Å²) in [5.41, 5.74) is 3.74. The van der Waals surface area contributed by atoms with E-state index in [1.807, 2.05) is 10.9 Å². The molecule has 0 atom stereocenters. The van der Waals surface area contributed by atoms with Gasteiger partial charge in [0.15, 0.2) is 0 Å². The molecule has 0 unspecified atom stereocenters. The average Bonchev–Trinajstić information content (AvgIpc) is 3.20. The molecule has 0 radical (unpaired) electrons. The molecule has 27 heavy (non-hydrogen) atoms. The number of hydrogen-bond donors (Lipinski definition) is 0. The summed E-state index contributed by atoms with van der Waals surface area (Å²) in [4.78, 5) is 0. The van der Waals surface area contributed by atoms with Gasteiger partial charge in [0.05, 0.1) is 25.0 Å². The fourth-order valence-electron chi connectivity index (χ4n) is 3.24. The molecule has 0 saturated carbocycles. The van der Waals surface area contributed by atoms with Crippen molar-refractivity contribution in [1.29, 1.82) is 0 Å². The number of hydrogen-bond acceptors (Lipinski definition) is 4. The van der Waals surface area contributed by atoms with Crippen LogP contribution in [0, 0.1) is 0 Å². The molecule has 0 aliphatic carbocycles. The molecule has 2 aromatic heterocycles. The standard InChI is InChI=1S/C21H36N4O2/c1-20(2,3)18-16-25(9-8-11-26-6)23-19(18)13-21(4,5)17-14-22-24(15-17)10-12-27-7/h14-16H,8-13H2,1-7H3. The van der Waals surface area contributed by atoms with Crippen LogP contribution in [0.3, 0.4) is 0 Å². The highest BCUT2D eigenvalue weighted by molar-refractivity contribution is 5.29. The lowest BCUT2D eigenvalue weighted by atomic mass is 9.78. The normalized spacial score (nSPS) is 12.7. The van der Waals surface area contributed by atoms with Crippen LogP contribution in [0.5, 0.6) is 0 Å². The van der Waals surface area contributed by atoms with Gasteiger partial charge in [0.2, 0.25) is 0 Å². The molecule has 0 fully saturated rings. The van der Waals surface area contributed by atoms with Crippen molar-refractivity contribution in [2.75, 3.05) is 27.4 Å². The van der Waals surface area contributed by atoms with Crippen LogP contribution < -0.4 is 0 Å². The number of nitrogens with zero attached hydrogens (tertiary/aromatic N) is 4. The fourth-order valence-corrected chi connectivity index (χ4v) is 3.24. The molecule has 6 heteroatoms. The predicted octanol–water partition coefficient (Wildman–Crippen LogP) is 3.58. The molecule has 0 bridgehead atoms. The first-order valence-electron chi connectivity index (χ1n) is 9.75. The van der Waals surface area contributed by atoms with Crippen molar-refractivity contribution in [2.45, 2.75) is 71.4 Å². The second-order valence-electron chi connectivity index (χ2n) is 8.89. The lowest BCUT2D eigenvalue weighted by molar-refractivity contribution is 0.183. The highest BCUT2D eigenvalue weighted by atomic mass is 16.5. The van der Waals surface area contributed by atoms with Crippen LogP contribution in [0.25, 0.3) is 0 Å². The van der Waals surface area contributed by atoms with Gasteiger partial charge in [-0.2, -0.15) is 10.2 Å². The highest BCUT2D eigenvalue weighted by Gasteiger charge is 2.29. The summed E-state index contributed by atoms with van der Waals surface area (Å²) in [5, 5.41) is 9.41. The van der Waals surface area contributed by atoms with Gasteiger partial charge in [0.25, 0.3) is 0 Å². The number of methoxy groups -OCH3 is 2. The van der Waals surface area contributed by atoms with Crippen LogP contribution in [0.4, 0.5) is 0 Å². The van der Waals surface area contributed by atoms with Gasteiger partial charge < -0.3 is 9.47 Å². The average molecular weight is 377 g/mol. The zero-order valence-electron chi connectivity index (χ0n) is 18.1. The Morgan fingerprint density at radius 1 is 0.926 bits per heavy atom. The highest BCUT2D eigenvalue weighted by Crippen LogP contribution is 2.32. The maximum Gasteiger partial charge on any atom is 0.0670 e.